The third-order valence-corrected chi connectivity index (χ3v) is 5.82. The largest absolute Gasteiger partial charge is 0.354 e. The molecular formula is C20H28N8O2. The van der Waals surface area contributed by atoms with Crippen LogP contribution in [0.4, 0.5) is 5.95 Å². The molecule has 0 bridgehead atoms. The lowest BCUT2D eigenvalue weighted by molar-refractivity contribution is 0.147. The van der Waals surface area contributed by atoms with Crippen LogP contribution in [0.15, 0.2) is 27.9 Å². The van der Waals surface area contributed by atoms with E-state index in [0.717, 1.165) is 31.6 Å². The second-order valence-electron chi connectivity index (χ2n) is 7.91. The number of aromatic nitrogens is 6. The van der Waals surface area contributed by atoms with Gasteiger partial charge in [0.05, 0.1) is 18.4 Å². The van der Waals surface area contributed by atoms with Gasteiger partial charge in [0.1, 0.15) is 5.39 Å². The molecule has 1 unspecified atom stereocenters. The molecule has 0 amide bonds. The third kappa shape index (κ3) is 4.00. The maximum atomic E-state index is 12.6. The van der Waals surface area contributed by atoms with Crippen molar-refractivity contribution in [1.82, 2.24) is 34.0 Å². The van der Waals surface area contributed by atoms with Crippen LogP contribution in [0.3, 0.4) is 0 Å². The molecule has 1 aliphatic rings. The van der Waals surface area contributed by atoms with Crippen molar-refractivity contribution in [1.29, 1.82) is 0 Å². The summed E-state index contributed by atoms with van der Waals surface area (Å²) in [6.07, 6.45) is 4.92. The Morgan fingerprint density at radius 1 is 1.17 bits per heavy atom. The highest BCUT2D eigenvalue weighted by Crippen LogP contribution is 2.18. The van der Waals surface area contributed by atoms with Crippen molar-refractivity contribution in [3.8, 4) is 0 Å². The molecule has 4 heterocycles. The summed E-state index contributed by atoms with van der Waals surface area (Å²) in [5.74, 6) is 0.540. The quantitative estimate of drug-likeness (QED) is 0.629. The second kappa shape index (κ2) is 8.39. The fraction of sp³-hybridized carbons (Fsp3) is 0.550. The Kier molecular flexibility index (Phi) is 5.67. The highest BCUT2D eigenvalue weighted by molar-refractivity contribution is 5.74. The average molecular weight is 412 g/mol. The summed E-state index contributed by atoms with van der Waals surface area (Å²) in [4.78, 5) is 31.6. The molecule has 0 spiro atoms. The number of likely N-dealkylation sites (tertiary alicyclic amines) is 1. The fourth-order valence-electron chi connectivity index (χ4n) is 4.05. The van der Waals surface area contributed by atoms with Crippen molar-refractivity contribution < 1.29 is 0 Å². The molecule has 10 heteroatoms. The summed E-state index contributed by atoms with van der Waals surface area (Å²) in [7, 11) is 3.50. The Morgan fingerprint density at radius 2 is 2.00 bits per heavy atom. The van der Waals surface area contributed by atoms with Crippen molar-refractivity contribution in [3.63, 3.8) is 0 Å². The zero-order valence-electron chi connectivity index (χ0n) is 17.7. The predicted molar refractivity (Wildman–Crippen MR) is 115 cm³/mol. The maximum absolute atomic E-state index is 12.6. The van der Waals surface area contributed by atoms with E-state index < -0.39 is 0 Å². The van der Waals surface area contributed by atoms with Gasteiger partial charge in [0.25, 0.3) is 11.1 Å². The van der Waals surface area contributed by atoms with Gasteiger partial charge < -0.3 is 5.32 Å². The lowest BCUT2D eigenvalue weighted by atomic mass is 10.0. The number of hydrogen-bond donors (Lipinski definition) is 1. The molecule has 160 valence electrons. The first-order valence-corrected chi connectivity index (χ1v) is 10.4. The van der Waals surface area contributed by atoms with Crippen LogP contribution in [0.25, 0.3) is 11.0 Å². The summed E-state index contributed by atoms with van der Waals surface area (Å²) in [6.45, 7) is 4.88. The van der Waals surface area contributed by atoms with Gasteiger partial charge in [-0.2, -0.15) is 15.2 Å². The van der Waals surface area contributed by atoms with Crippen molar-refractivity contribution in [2.45, 2.75) is 38.8 Å². The van der Waals surface area contributed by atoms with Gasteiger partial charge in [0.15, 0.2) is 5.65 Å². The Morgan fingerprint density at radius 3 is 2.83 bits per heavy atom. The SMILES string of the molecule is Cc1ccc(=O)n(CCN2CCCCC2CNc2nc3c(cnn3C)c(=O)n2C)n1. The fourth-order valence-corrected chi connectivity index (χ4v) is 4.05. The van der Waals surface area contributed by atoms with Gasteiger partial charge in [-0.1, -0.05) is 6.42 Å². The Hall–Kier alpha value is -3.01. The van der Waals surface area contributed by atoms with Crippen molar-refractivity contribution in [2.75, 3.05) is 25.0 Å². The van der Waals surface area contributed by atoms with Gasteiger partial charge >= 0.3 is 0 Å². The molecule has 0 radical (unpaired) electrons. The monoisotopic (exact) mass is 412 g/mol. The summed E-state index contributed by atoms with van der Waals surface area (Å²) in [5.41, 5.74) is 1.23. The van der Waals surface area contributed by atoms with E-state index in [4.69, 9.17) is 0 Å². The molecule has 3 aromatic heterocycles. The number of aryl methyl sites for hydroxylation is 2. The molecule has 30 heavy (non-hydrogen) atoms. The lowest BCUT2D eigenvalue weighted by Crippen LogP contribution is -2.46. The number of nitrogens with one attached hydrogen (secondary N) is 1. The summed E-state index contributed by atoms with van der Waals surface area (Å²) < 4.78 is 4.69. The van der Waals surface area contributed by atoms with Crippen LogP contribution in [-0.4, -0.2) is 59.7 Å². The van der Waals surface area contributed by atoms with E-state index in [1.807, 2.05) is 6.92 Å². The summed E-state index contributed by atoms with van der Waals surface area (Å²) in [6, 6.07) is 3.61. The molecule has 3 aromatic rings. The van der Waals surface area contributed by atoms with Crippen LogP contribution < -0.4 is 16.4 Å². The van der Waals surface area contributed by atoms with Crippen LogP contribution >= 0.6 is 0 Å². The van der Waals surface area contributed by atoms with Gasteiger partial charge in [-0.3, -0.25) is 23.7 Å². The first-order chi connectivity index (χ1) is 14.4. The van der Waals surface area contributed by atoms with Gasteiger partial charge in [0, 0.05) is 39.3 Å². The smallest absolute Gasteiger partial charge is 0.266 e. The standard InChI is InChI=1S/C20H28N8O2/c1-14-7-8-17(29)28(24-14)11-10-27-9-5-4-6-15(27)12-21-20-23-18-16(13-22-26(18)3)19(30)25(20)2/h7-8,13,15H,4-6,9-12H2,1-3H3,(H,21,23). The minimum atomic E-state index is -0.110. The molecule has 1 atom stereocenters. The predicted octanol–water partition coefficient (Wildman–Crippen LogP) is 0.499. The molecule has 1 fully saturated rings. The van der Waals surface area contributed by atoms with E-state index in [1.165, 1.54) is 15.7 Å². The Bertz CT molecular complexity index is 1160. The van der Waals surface area contributed by atoms with Crippen LogP contribution in [0.2, 0.25) is 0 Å². The molecule has 0 aromatic carbocycles. The molecule has 0 saturated carbocycles. The van der Waals surface area contributed by atoms with Crippen molar-refractivity contribution >= 4 is 17.0 Å². The normalized spacial score (nSPS) is 17.5. The number of fused-ring (bicyclic) bond motifs is 1. The van der Waals surface area contributed by atoms with Gasteiger partial charge in [-0.25, -0.2) is 4.68 Å². The Balaban J connectivity index is 1.46. The van der Waals surface area contributed by atoms with Crippen molar-refractivity contribution in [3.05, 3.63) is 44.7 Å². The molecule has 1 aliphatic heterocycles. The third-order valence-electron chi connectivity index (χ3n) is 5.82. The van der Waals surface area contributed by atoms with Gasteiger partial charge in [0.2, 0.25) is 5.95 Å². The highest BCUT2D eigenvalue weighted by Gasteiger charge is 2.23. The highest BCUT2D eigenvalue weighted by atomic mass is 16.1. The minimum absolute atomic E-state index is 0.0732. The van der Waals surface area contributed by atoms with Crippen LogP contribution in [0, 0.1) is 6.92 Å². The van der Waals surface area contributed by atoms with E-state index in [2.05, 4.69) is 25.4 Å². The second-order valence-corrected chi connectivity index (χ2v) is 7.91. The first-order valence-electron chi connectivity index (χ1n) is 10.4. The van der Waals surface area contributed by atoms with E-state index >= 15 is 0 Å². The van der Waals surface area contributed by atoms with E-state index in [9.17, 15) is 9.59 Å². The average Bonchev–Trinajstić information content (AvgIpc) is 3.11. The minimum Gasteiger partial charge on any atom is -0.354 e. The van der Waals surface area contributed by atoms with E-state index in [0.29, 0.717) is 36.1 Å². The maximum Gasteiger partial charge on any atom is 0.266 e. The zero-order valence-corrected chi connectivity index (χ0v) is 17.7. The van der Waals surface area contributed by atoms with E-state index in [1.54, 1.807) is 37.1 Å². The number of hydrogen-bond acceptors (Lipinski definition) is 7. The van der Waals surface area contributed by atoms with Gasteiger partial charge in [-0.15, -0.1) is 0 Å². The van der Waals surface area contributed by atoms with Crippen molar-refractivity contribution in [2.24, 2.45) is 14.1 Å². The first kappa shape index (κ1) is 20.3. The number of piperidine rings is 1. The summed E-state index contributed by atoms with van der Waals surface area (Å²) >= 11 is 0. The van der Waals surface area contributed by atoms with Crippen LogP contribution in [0.1, 0.15) is 25.0 Å². The molecule has 1 saturated heterocycles. The van der Waals surface area contributed by atoms with Gasteiger partial charge in [-0.05, 0) is 32.4 Å². The number of nitrogens with zero attached hydrogens (tertiary/aromatic N) is 7. The van der Waals surface area contributed by atoms with Crippen LogP contribution in [0.5, 0.6) is 0 Å². The topological polar surface area (TPSA) is 103 Å². The molecule has 0 aliphatic carbocycles. The molecule has 1 N–H and O–H groups in total. The zero-order chi connectivity index (χ0) is 21.3. The number of rotatable bonds is 6. The molecular weight excluding hydrogens is 384 g/mol. The summed E-state index contributed by atoms with van der Waals surface area (Å²) in [5, 5.41) is 12.4. The molecule has 4 rings (SSSR count). The molecule has 10 nitrogen and oxygen atoms in total. The lowest BCUT2D eigenvalue weighted by Gasteiger charge is -2.36. The number of anilines is 1. The van der Waals surface area contributed by atoms with E-state index in [-0.39, 0.29) is 11.1 Å². The van der Waals surface area contributed by atoms with Crippen LogP contribution in [-0.2, 0) is 20.6 Å². The Labute approximate surface area is 174 Å².